The molecule has 7 heteroatoms. The molecule has 30 heavy (non-hydrogen) atoms. The van der Waals surface area contributed by atoms with Crippen molar-refractivity contribution in [3.05, 3.63) is 91.4 Å². The fourth-order valence-corrected chi connectivity index (χ4v) is 4.30. The number of hydrogen-bond donors (Lipinski definition) is 1. The van der Waals surface area contributed by atoms with Crippen molar-refractivity contribution in [2.24, 2.45) is 0 Å². The summed E-state index contributed by atoms with van der Waals surface area (Å²) >= 11 is 1.26. The minimum Gasteiger partial charge on any atom is -0.324 e. The van der Waals surface area contributed by atoms with E-state index in [1.54, 1.807) is 17.5 Å². The van der Waals surface area contributed by atoms with E-state index in [2.05, 4.69) is 5.32 Å². The molecular weight excluding hydrogens is 398 g/mol. The zero-order valence-corrected chi connectivity index (χ0v) is 17.7. The number of amides is 1. The molecular formula is C23H21N3O3S. The van der Waals surface area contributed by atoms with Gasteiger partial charge in [0.15, 0.2) is 0 Å². The molecule has 2 aromatic heterocycles. The average molecular weight is 420 g/mol. The number of carbonyl (C=O) groups excluding carboxylic acids is 1. The van der Waals surface area contributed by atoms with E-state index in [9.17, 15) is 14.4 Å². The Bertz CT molecular complexity index is 1400. The smallest absolute Gasteiger partial charge is 0.324 e. The van der Waals surface area contributed by atoms with Crippen molar-refractivity contribution in [1.29, 1.82) is 0 Å². The van der Waals surface area contributed by atoms with E-state index in [0.29, 0.717) is 21.6 Å². The summed E-state index contributed by atoms with van der Waals surface area (Å²) in [5, 5.41) is 4.61. The first-order valence-electron chi connectivity index (χ1n) is 9.53. The SMILES string of the molecule is Cc1ccccc1NC(=O)Cn1c(=O)n(-c2cccc(C)c2C)c(=O)c2sccc21. The van der Waals surface area contributed by atoms with Crippen LogP contribution in [-0.2, 0) is 11.3 Å². The number of para-hydroxylation sites is 1. The third-order valence-corrected chi connectivity index (χ3v) is 6.18. The summed E-state index contributed by atoms with van der Waals surface area (Å²) in [4.78, 5) is 39.2. The fraction of sp³-hybridized carbons (Fsp3) is 0.174. The van der Waals surface area contributed by atoms with Crippen molar-refractivity contribution in [2.75, 3.05) is 5.32 Å². The second-order valence-corrected chi connectivity index (χ2v) is 8.14. The van der Waals surface area contributed by atoms with Crippen LogP contribution < -0.4 is 16.6 Å². The van der Waals surface area contributed by atoms with E-state index < -0.39 is 5.69 Å². The van der Waals surface area contributed by atoms with Gasteiger partial charge in [-0.1, -0.05) is 30.3 Å². The fourth-order valence-electron chi connectivity index (χ4n) is 3.48. The molecule has 0 aliphatic carbocycles. The number of aromatic nitrogens is 2. The van der Waals surface area contributed by atoms with Crippen LogP contribution in [0.1, 0.15) is 16.7 Å². The molecule has 2 heterocycles. The van der Waals surface area contributed by atoms with Crippen molar-refractivity contribution >= 4 is 33.1 Å². The second-order valence-electron chi connectivity index (χ2n) is 7.23. The molecule has 0 aliphatic heterocycles. The number of rotatable bonds is 4. The topological polar surface area (TPSA) is 73.1 Å². The molecule has 4 rings (SSSR count). The van der Waals surface area contributed by atoms with Crippen molar-refractivity contribution in [3.8, 4) is 5.69 Å². The van der Waals surface area contributed by atoms with Crippen LogP contribution in [0.15, 0.2) is 63.5 Å². The van der Waals surface area contributed by atoms with Crippen LogP contribution in [0.5, 0.6) is 0 Å². The van der Waals surface area contributed by atoms with Gasteiger partial charge in [0.25, 0.3) is 5.56 Å². The molecule has 0 spiro atoms. The molecule has 1 amide bonds. The van der Waals surface area contributed by atoms with Crippen LogP contribution in [0.25, 0.3) is 15.9 Å². The van der Waals surface area contributed by atoms with Gasteiger partial charge < -0.3 is 5.32 Å². The van der Waals surface area contributed by atoms with E-state index in [-0.39, 0.29) is 18.0 Å². The first kappa shape index (κ1) is 19.8. The monoisotopic (exact) mass is 419 g/mol. The largest absolute Gasteiger partial charge is 0.336 e. The Morgan fingerprint density at radius 2 is 1.70 bits per heavy atom. The number of nitrogens with zero attached hydrogens (tertiary/aromatic N) is 2. The number of thiophene rings is 1. The average Bonchev–Trinajstić information content (AvgIpc) is 3.20. The van der Waals surface area contributed by atoms with Gasteiger partial charge >= 0.3 is 5.69 Å². The van der Waals surface area contributed by atoms with Gasteiger partial charge in [0, 0.05) is 5.69 Å². The van der Waals surface area contributed by atoms with Crippen molar-refractivity contribution in [2.45, 2.75) is 27.3 Å². The quantitative estimate of drug-likeness (QED) is 0.547. The van der Waals surface area contributed by atoms with Gasteiger partial charge in [0.05, 0.1) is 11.2 Å². The molecule has 0 atom stereocenters. The lowest BCUT2D eigenvalue weighted by Crippen LogP contribution is -2.40. The van der Waals surface area contributed by atoms with Gasteiger partial charge in [-0.2, -0.15) is 0 Å². The first-order chi connectivity index (χ1) is 14.4. The highest BCUT2D eigenvalue weighted by Crippen LogP contribution is 2.19. The molecule has 4 aromatic rings. The van der Waals surface area contributed by atoms with Crippen LogP contribution >= 0.6 is 11.3 Å². The van der Waals surface area contributed by atoms with Crippen molar-refractivity contribution in [1.82, 2.24) is 9.13 Å². The molecule has 0 aliphatic rings. The summed E-state index contributed by atoms with van der Waals surface area (Å²) in [6.07, 6.45) is 0. The highest BCUT2D eigenvalue weighted by atomic mass is 32.1. The highest BCUT2D eigenvalue weighted by Gasteiger charge is 2.19. The van der Waals surface area contributed by atoms with Crippen LogP contribution in [-0.4, -0.2) is 15.0 Å². The van der Waals surface area contributed by atoms with Crippen LogP contribution in [0.4, 0.5) is 5.69 Å². The highest BCUT2D eigenvalue weighted by molar-refractivity contribution is 7.17. The Balaban J connectivity index is 1.85. The molecule has 0 saturated heterocycles. The van der Waals surface area contributed by atoms with Gasteiger partial charge in [-0.25, -0.2) is 9.36 Å². The van der Waals surface area contributed by atoms with E-state index in [4.69, 9.17) is 0 Å². The molecule has 152 valence electrons. The molecule has 1 N–H and O–H groups in total. The van der Waals surface area contributed by atoms with Crippen LogP contribution in [0.3, 0.4) is 0 Å². The first-order valence-corrected chi connectivity index (χ1v) is 10.4. The maximum absolute atomic E-state index is 13.4. The molecule has 6 nitrogen and oxygen atoms in total. The van der Waals surface area contributed by atoms with Gasteiger partial charge in [-0.3, -0.25) is 14.2 Å². The number of benzene rings is 2. The molecule has 0 saturated carbocycles. The number of carbonyl (C=O) groups is 1. The zero-order chi connectivity index (χ0) is 21.4. The Kier molecular flexibility index (Phi) is 5.13. The minimum atomic E-state index is -0.528. The van der Waals surface area contributed by atoms with Gasteiger partial charge in [0.1, 0.15) is 11.2 Å². The Labute approximate surface area is 177 Å². The van der Waals surface area contributed by atoms with Gasteiger partial charge in [-0.05, 0) is 61.0 Å². The number of aryl methyl sites for hydroxylation is 2. The predicted octanol–water partition coefficient (Wildman–Crippen LogP) is 3.78. The van der Waals surface area contributed by atoms with Crippen molar-refractivity contribution < 1.29 is 4.79 Å². The van der Waals surface area contributed by atoms with E-state index in [0.717, 1.165) is 16.7 Å². The summed E-state index contributed by atoms with van der Waals surface area (Å²) in [5.41, 5.74) is 3.57. The minimum absolute atomic E-state index is 0.189. The standard InChI is InChI=1S/C23H21N3O3S/c1-14-8-6-10-18(16(14)3)26-22(28)21-19(11-12-30-21)25(23(26)29)13-20(27)24-17-9-5-4-7-15(17)2/h4-12H,13H2,1-3H3,(H,24,27). The molecule has 0 fully saturated rings. The number of nitrogens with one attached hydrogen (secondary N) is 1. The number of hydrogen-bond acceptors (Lipinski definition) is 4. The third kappa shape index (κ3) is 3.37. The molecule has 2 aromatic carbocycles. The summed E-state index contributed by atoms with van der Waals surface area (Å²) in [5.74, 6) is -0.329. The summed E-state index contributed by atoms with van der Waals surface area (Å²) in [6, 6.07) is 14.7. The van der Waals surface area contributed by atoms with E-state index in [1.807, 2.05) is 57.2 Å². The maximum Gasteiger partial charge on any atom is 0.336 e. The number of anilines is 1. The van der Waals surface area contributed by atoms with E-state index in [1.165, 1.54) is 20.5 Å². The van der Waals surface area contributed by atoms with E-state index >= 15 is 0 Å². The molecule has 0 unspecified atom stereocenters. The summed E-state index contributed by atoms with van der Waals surface area (Å²) < 4.78 is 2.98. The second kappa shape index (κ2) is 7.76. The van der Waals surface area contributed by atoms with Crippen LogP contribution in [0.2, 0.25) is 0 Å². The third-order valence-electron chi connectivity index (χ3n) is 5.29. The lowest BCUT2D eigenvalue weighted by Gasteiger charge is -2.15. The lowest BCUT2D eigenvalue weighted by molar-refractivity contribution is -0.116. The zero-order valence-electron chi connectivity index (χ0n) is 16.9. The Morgan fingerprint density at radius 3 is 2.47 bits per heavy atom. The lowest BCUT2D eigenvalue weighted by atomic mass is 10.1. The molecule has 0 bridgehead atoms. The maximum atomic E-state index is 13.4. The summed E-state index contributed by atoms with van der Waals surface area (Å²) in [6.45, 7) is 5.53. The van der Waals surface area contributed by atoms with Crippen LogP contribution in [0, 0.1) is 20.8 Å². The van der Waals surface area contributed by atoms with Gasteiger partial charge in [-0.15, -0.1) is 11.3 Å². The van der Waals surface area contributed by atoms with Gasteiger partial charge in [0.2, 0.25) is 5.91 Å². The number of fused-ring (bicyclic) bond motifs is 1. The normalized spacial score (nSPS) is 11.0. The predicted molar refractivity (Wildman–Crippen MR) is 121 cm³/mol. The Hall–Kier alpha value is -3.45. The molecule has 0 radical (unpaired) electrons. The Morgan fingerprint density at radius 1 is 0.967 bits per heavy atom. The van der Waals surface area contributed by atoms with Crippen molar-refractivity contribution in [3.63, 3.8) is 0 Å². The summed E-state index contributed by atoms with van der Waals surface area (Å²) in [7, 11) is 0.